The van der Waals surface area contributed by atoms with Gasteiger partial charge in [0.05, 0.1) is 13.2 Å². The molecule has 1 unspecified atom stereocenters. The summed E-state index contributed by atoms with van der Waals surface area (Å²) in [6, 6.07) is 0. The van der Waals surface area contributed by atoms with E-state index >= 15 is 0 Å². The number of fused-ring (bicyclic) bond motifs is 1. The molecule has 1 saturated heterocycles. The summed E-state index contributed by atoms with van der Waals surface area (Å²) < 4.78 is 7.81. The van der Waals surface area contributed by atoms with Crippen LogP contribution in [-0.4, -0.2) is 59.1 Å². The van der Waals surface area contributed by atoms with Crippen molar-refractivity contribution in [3.8, 4) is 0 Å². The number of nitrogens with zero attached hydrogens (tertiary/aromatic N) is 4. The molecule has 2 aliphatic heterocycles. The zero-order chi connectivity index (χ0) is 13.1. The highest BCUT2D eigenvalue weighted by atomic mass is 16.5. The largest absolute Gasteiger partial charge is 0.381 e. The van der Waals surface area contributed by atoms with Crippen LogP contribution in [0.15, 0.2) is 6.33 Å². The average Bonchev–Trinajstić information content (AvgIpc) is 3.05. The van der Waals surface area contributed by atoms with Gasteiger partial charge in [-0.15, -0.1) is 10.2 Å². The Morgan fingerprint density at radius 2 is 2.42 bits per heavy atom. The van der Waals surface area contributed by atoms with E-state index in [4.69, 9.17) is 4.74 Å². The van der Waals surface area contributed by atoms with E-state index in [-0.39, 0.29) is 5.41 Å². The van der Waals surface area contributed by atoms with E-state index in [0.717, 1.165) is 64.7 Å². The van der Waals surface area contributed by atoms with Gasteiger partial charge in [0, 0.05) is 38.2 Å². The van der Waals surface area contributed by atoms with Gasteiger partial charge in [-0.3, -0.25) is 4.90 Å². The van der Waals surface area contributed by atoms with E-state index in [9.17, 15) is 0 Å². The second-order valence-electron chi connectivity index (χ2n) is 5.73. The molecule has 1 aromatic heterocycles. The summed E-state index contributed by atoms with van der Waals surface area (Å²) in [6.45, 7) is 10.1. The normalized spacial score (nSPS) is 27.6. The van der Waals surface area contributed by atoms with Gasteiger partial charge in [0.15, 0.2) is 0 Å². The van der Waals surface area contributed by atoms with Crippen LogP contribution in [0, 0.1) is 5.41 Å². The second-order valence-corrected chi connectivity index (χ2v) is 5.73. The summed E-state index contributed by atoms with van der Waals surface area (Å²) >= 11 is 0. The lowest BCUT2D eigenvalue weighted by molar-refractivity contribution is 0.0937. The van der Waals surface area contributed by atoms with Gasteiger partial charge in [-0.25, -0.2) is 0 Å². The molecule has 1 fully saturated rings. The van der Waals surface area contributed by atoms with Gasteiger partial charge in [0.2, 0.25) is 0 Å². The van der Waals surface area contributed by atoms with Crippen LogP contribution in [-0.2, 0) is 17.8 Å². The molecule has 6 heteroatoms. The molecule has 1 atom stereocenters. The third-order valence-corrected chi connectivity index (χ3v) is 4.21. The predicted octanol–water partition coefficient (Wildman–Crippen LogP) is 0.110. The van der Waals surface area contributed by atoms with Crippen LogP contribution in [0.25, 0.3) is 0 Å². The van der Waals surface area contributed by atoms with Crippen LogP contribution in [0.4, 0.5) is 0 Å². The molecule has 1 N–H and O–H groups in total. The quantitative estimate of drug-likeness (QED) is 0.819. The van der Waals surface area contributed by atoms with Crippen molar-refractivity contribution < 1.29 is 4.74 Å². The molecule has 0 aromatic carbocycles. The van der Waals surface area contributed by atoms with E-state index in [1.54, 1.807) is 0 Å². The van der Waals surface area contributed by atoms with Crippen LogP contribution in [0.5, 0.6) is 0 Å². The third-order valence-electron chi connectivity index (χ3n) is 4.21. The molecule has 0 spiro atoms. The molecule has 1 aromatic rings. The van der Waals surface area contributed by atoms with Crippen molar-refractivity contribution in [1.82, 2.24) is 25.0 Å². The molecular formula is C13H23N5O. The molecular weight excluding hydrogens is 242 g/mol. The summed E-state index contributed by atoms with van der Waals surface area (Å²) in [6.07, 6.45) is 2.99. The molecule has 19 heavy (non-hydrogen) atoms. The first kappa shape index (κ1) is 13.0. The first-order chi connectivity index (χ1) is 9.31. The van der Waals surface area contributed by atoms with Crippen molar-refractivity contribution >= 4 is 0 Å². The van der Waals surface area contributed by atoms with Gasteiger partial charge in [-0.2, -0.15) is 0 Å². The van der Waals surface area contributed by atoms with E-state index in [0.29, 0.717) is 0 Å². The minimum Gasteiger partial charge on any atom is -0.381 e. The lowest BCUT2D eigenvalue weighted by atomic mass is 9.86. The van der Waals surface area contributed by atoms with Gasteiger partial charge >= 0.3 is 0 Å². The monoisotopic (exact) mass is 265 g/mol. The number of ether oxygens (including phenoxy) is 1. The Hall–Kier alpha value is -0.980. The number of rotatable bonds is 5. The summed E-state index contributed by atoms with van der Waals surface area (Å²) in [5.74, 6) is 1.09. The molecule has 0 saturated carbocycles. The van der Waals surface area contributed by atoms with Crippen LogP contribution in [0.2, 0.25) is 0 Å². The lowest BCUT2D eigenvalue weighted by Gasteiger charge is -2.36. The van der Waals surface area contributed by atoms with Gasteiger partial charge < -0.3 is 14.6 Å². The number of nitrogens with one attached hydrogen (secondary N) is 1. The Morgan fingerprint density at radius 3 is 3.21 bits per heavy atom. The van der Waals surface area contributed by atoms with Crippen LogP contribution >= 0.6 is 0 Å². The fourth-order valence-corrected chi connectivity index (χ4v) is 3.09. The maximum Gasteiger partial charge on any atom is 0.147 e. The van der Waals surface area contributed by atoms with Crippen molar-refractivity contribution in [2.45, 2.75) is 26.4 Å². The highest BCUT2D eigenvalue weighted by molar-refractivity contribution is 4.94. The van der Waals surface area contributed by atoms with Crippen LogP contribution in [0.3, 0.4) is 0 Å². The molecule has 0 amide bonds. The van der Waals surface area contributed by atoms with Gasteiger partial charge in [0.1, 0.15) is 12.2 Å². The predicted molar refractivity (Wildman–Crippen MR) is 71.7 cm³/mol. The molecule has 3 heterocycles. The first-order valence-electron chi connectivity index (χ1n) is 7.19. The highest BCUT2D eigenvalue weighted by Gasteiger charge is 2.37. The fourth-order valence-electron chi connectivity index (χ4n) is 3.09. The zero-order valence-electron chi connectivity index (χ0n) is 11.6. The van der Waals surface area contributed by atoms with E-state index in [1.807, 2.05) is 6.33 Å². The number of aromatic nitrogens is 3. The maximum absolute atomic E-state index is 5.65. The van der Waals surface area contributed by atoms with E-state index < -0.39 is 0 Å². The molecule has 3 rings (SSSR count). The molecule has 0 aliphatic carbocycles. The van der Waals surface area contributed by atoms with E-state index in [1.165, 1.54) is 0 Å². The Bertz CT molecular complexity index is 413. The second kappa shape index (κ2) is 5.56. The van der Waals surface area contributed by atoms with Gasteiger partial charge in [-0.05, 0) is 13.0 Å². The van der Waals surface area contributed by atoms with E-state index in [2.05, 4.69) is 31.9 Å². The smallest absolute Gasteiger partial charge is 0.147 e. The van der Waals surface area contributed by atoms with Crippen molar-refractivity contribution in [1.29, 1.82) is 0 Å². The van der Waals surface area contributed by atoms with Crippen molar-refractivity contribution in [3.63, 3.8) is 0 Å². The Morgan fingerprint density at radius 1 is 1.47 bits per heavy atom. The number of hydrogen-bond donors (Lipinski definition) is 1. The number of hydrogen-bond acceptors (Lipinski definition) is 5. The first-order valence-corrected chi connectivity index (χ1v) is 7.19. The van der Waals surface area contributed by atoms with Crippen molar-refractivity contribution in [2.75, 3.05) is 39.4 Å². The van der Waals surface area contributed by atoms with Crippen molar-refractivity contribution in [2.24, 2.45) is 5.41 Å². The zero-order valence-corrected chi connectivity index (χ0v) is 11.6. The minimum atomic E-state index is 0.276. The SMILES string of the molecule is CCNCC1(CN2CCn3cnnc3C2)CCOC1. The summed E-state index contributed by atoms with van der Waals surface area (Å²) in [4.78, 5) is 2.50. The fraction of sp³-hybridized carbons (Fsp3) is 0.846. The van der Waals surface area contributed by atoms with Crippen LogP contribution in [0.1, 0.15) is 19.2 Å². The molecule has 106 valence electrons. The standard InChI is InChI=1S/C13H23N5O/c1-2-14-8-13(3-6-19-10-13)9-17-4-5-18-11-15-16-12(18)7-17/h11,14H,2-10H2,1H3. The summed E-state index contributed by atoms with van der Waals surface area (Å²) in [5.41, 5.74) is 0.276. The van der Waals surface area contributed by atoms with Gasteiger partial charge in [-0.1, -0.05) is 6.92 Å². The van der Waals surface area contributed by atoms with Crippen LogP contribution < -0.4 is 5.32 Å². The molecule has 6 nitrogen and oxygen atoms in total. The summed E-state index contributed by atoms with van der Waals surface area (Å²) in [7, 11) is 0. The highest BCUT2D eigenvalue weighted by Crippen LogP contribution is 2.30. The topological polar surface area (TPSA) is 55.2 Å². The summed E-state index contributed by atoms with van der Waals surface area (Å²) in [5, 5.41) is 11.7. The molecule has 0 radical (unpaired) electrons. The average molecular weight is 265 g/mol. The Labute approximate surface area is 114 Å². The maximum atomic E-state index is 5.65. The van der Waals surface area contributed by atoms with Gasteiger partial charge in [0.25, 0.3) is 0 Å². The minimum absolute atomic E-state index is 0.276. The molecule has 0 bridgehead atoms. The third kappa shape index (κ3) is 2.80. The Balaban J connectivity index is 1.63. The Kier molecular flexibility index (Phi) is 3.81. The molecule has 2 aliphatic rings. The van der Waals surface area contributed by atoms with Crippen molar-refractivity contribution in [3.05, 3.63) is 12.2 Å². The lowest BCUT2D eigenvalue weighted by Crippen LogP contribution is -2.47.